The smallest absolute Gasteiger partial charge is 0.255 e. The Morgan fingerprint density at radius 2 is 2.10 bits per heavy atom. The largest absolute Gasteiger partial charge is 0.493 e. The van der Waals surface area contributed by atoms with Gasteiger partial charge in [0.25, 0.3) is 5.91 Å². The average molecular weight is 422 g/mol. The Morgan fingerprint density at radius 3 is 2.80 bits per heavy atom. The van der Waals surface area contributed by atoms with Crippen molar-refractivity contribution < 1.29 is 14.3 Å². The fraction of sp³-hybridized carbons (Fsp3) is 0.150. The van der Waals surface area contributed by atoms with E-state index in [4.69, 9.17) is 9.47 Å². The van der Waals surface area contributed by atoms with Gasteiger partial charge in [-0.2, -0.15) is 0 Å². The number of carbonyl (C=O) groups excluding carboxylic acids is 1. The van der Waals surface area contributed by atoms with E-state index in [0.29, 0.717) is 29.4 Å². The number of methoxy groups -OCH3 is 1. The minimum absolute atomic E-state index is 0.256. The Kier molecular flexibility index (Phi) is 5.66. The van der Waals surface area contributed by atoms with Crippen molar-refractivity contribution >= 4 is 22.9 Å². The van der Waals surface area contributed by atoms with Crippen molar-refractivity contribution in [3.63, 3.8) is 0 Å². The minimum Gasteiger partial charge on any atom is -0.493 e. The van der Waals surface area contributed by atoms with Crippen LogP contribution in [0.2, 0.25) is 0 Å². The summed E-state index contributed by atoms with van der Waals surface area (Å²) in [5.41, 5.74) is 5.46. The van der Waals surface area contributed by atoms with E-state index in [1.165, 1.54) is 24.8 Å². The summed E-state index contributed by atoms with van der Waals surface area (Å²) in [5, 5.41) is 16.0. The molecule has 9 nitrogen and oxygen atoms in total. The van der Waals surface area contributed by atoms with E-state index in [9.17, 15) is 4.79 Å². The quantitative estimate of drug-likeness (QED) is 0.487. The molecule has 0 atom stereocenters. The molecule has 0 aliphatic heterocycles. The third-order valence-corrected chi connectivity index (χ3v) is 4.97. The van der Waals surface area contributed by atoms with E-state index < -0.39 is 0 Å². The van der Waals surface area contributed by atoms with Gasteiger partial charge in [0, 0.05) is 16.6 Å². The van der Waals surface area contributed by atoms with Gasteiger partial charge in [-0.1, -0.05) is 0 Å². The van der Waals surface area contributed by atoms with E-state index >= 15 is 0 Å². The summed E-state index contributed by atoms with van der Waals surface area (Å²) in [4.78, 5) is 16.9. The summed E-state index contributed by atoms with van der Waals surface area (Å²) in [6.07, 6.45) is 1.52. The van der Waals surface area contributed by atoms with Crippen LogP contribution in [0.3, 0.4) is 0 Å². The molecule has 0 bridgehead atoms. The molecular weight excluding hydrogens is 404 g/mol. The van der Waals surface area contributed by atoms with Crippen molar-refractivity contribution in [1.29, 1.82) is 0 Å². The monoisotopic (exact) mass is 422 g/mol. The van der Waals surface area contributed by atoms with Crippen LogP contribution < -0.4 is 14.8 Å². The lowest BCUT2D eigenvalue weighted by Gasteiger charge is -2.12. The third kappa shape index (κ3) is 4.28. The number of thiazole rings is 1. The van der Waals surface area contributed by atoms with Crippen LogP contribution in [0, 0.1) is 6.92 Å². The first kappa shape index (κ1) is 19.5. The number of anilines is 1. The predicted octanol–water partition coefficient (Wildman–Crippen LogP) is 3.27. The van der Waals surface area contributed by atoms with Gasteiger partial charge in [-0.15, -0.1) is 16.4 Å². The number of hydrogen-bond acceptors (Lipinski definition) is 8. The fourth-order valence-corrected chi connectivity index (χ4v) is 3.40. The van der Waals surface area contributed by atoms with Crippen LogP contribution in [-0.4, -0.2) is 38.2 Å². The number of nitrogens with zero attached hydrogens (tertiary/aromatic N) is 5. The summed E-state index contributed by atoms with van der Waals surface area (Å²) >= 11 is 1.51. The minimum atomic E-state index is -0.256. The molecule has 1 N–H and O–H groups in total. The molecule has 0 saturated heterocycles. The zero-order valence-corrected chi connectivity index (χ0v) is 17.1. The molecule has 2 heterocycles. The fourth-order valence-electron chi connectivity index (χ4n) is 2.85. The third-order valence-electron chi connectivity index (χ3n) is 4.34. The molecule has 1 amide bonds. The summed E-state index contributed by atoms with van der Waals surface area (Å²) in [7, 11) is 1.54. The summed E-state index contributed by atoms with van der Waals surface area (Å²) < 4.78 is 12.7. The Bertz CT molecular complexity index is 1150. The van der Waals surface area contributed by atoms with Gasteiger partial charge in [0.2, 0.25) is 0 Å². The highest BCUT2D eigenvalue weighted by Crippen LogP contribution is 2.29. The van der Waals surface area contributed by atoms with Crippen LogP contribution in [-0.2, 0) is 6.61 Å². The second-order valence-corrected chi connectivity index (χ2v) is 7.06. The number of carbonyl (C=O) groups is 1. The number of benzene rings is 2. The topological polar surface area (TPSA) is 104 Å². The Balaban J connectivity index is 1.47. The molecule has 0 fully saturated rings. The molecule has 4 rings (SSSR count). The Labute approximate surface area is 176 Å². The van der Waals surface area contributed by atoms with Gasteiger partial charge >= 0.3 is 0 Å². The van der Waals surface area contributed by atoms with E-state index in [1.54, 1.807) is 34.5 Å². The maximum atomic E-state index is 12.7. The molecule has 0 aliphatic carbocycles. The number of amides is 1. The van der Waals surface area contributed by atoms with E-state index in [1.807, 2.05) is 24.4 Å². The van der Waals surface area contributed by atoms with Crippen molar-refractivity contribution in [2.24, 2.45) is 0 Å². The molecule has 0 unspecified atom stereocenters. The van der Waals surface area contributed by atoms with Crippen LogP contribution in [0.4, 0.5) is 5.69 Å². The van der Waals surface area contributed by atoms with Crippen LogP contribution in [0.1, 0.15) is 21.6 Å². The first-order chi connectivity index (χ1) is 14.6. The van der Waals surface area contributed by atoms with E-state index in [2.05, 4.69) is 25.8 Å². The first-order valence-electron chi connectivity index (χ1n) is 8.97. The van der Waals surface area contributed by atoms with Gasteiger partial charge in [-0.25, -0.2) is 9.67 Å². The lowest BCUT2D eigenvalue weighted by Crippen LogP contribution is -2.12. The zero-order chi connectivity index (χ0) is 20.9. The van der Waals surface area contributed by atoms with Crippen LogP contribution in [0.25, 0.3) is 5.69 Å². The standard InChI is InChI=1S/C20H18N6O3S/c1-13-7-15(4-5-17(13)26-11-22-24-25-26)23-20(27)14-3-6-18(19(8-14)28-2)29-9-16-10-30-12-21-16/h3-8,10-12H,9H2,1-2H3,(H,23,27). The molecule has 4 aromatic rings. The molecule has 30 heavy (non-hydrogen) atoms. The van der Waals surface area contributed by atoms with Crippen LogP contribution in [0.5, 0.6) is 11.5 Å². The molecule has 10 heteroatoms. The highest BCUT2D eigenvalue weighted by atomic mass is 32.1. The highest BCUT2D eigenvalue weighted by Gasteiger charge is 2.13. The molecule has 0 saturated carbocycles. The summed E-state index contributed by atoms with van der Waals surface area (Å²) in [6, 6.07) is 10.6. The molecule has 2 aromatic heterocycles. The maximum absolute atomic E-state index is 12.7. The molecular formula is C20H18N6O3S. The van der Waals surface area contributed by atoms with Crippen molar-refractivity contribution in [3.05, 3.63) is 70.4 Å². The van der Waals surface area contributed by atoms with Gasteiger partial charge in [0.1, 0.15) is 12.9 Å². The van der Waals surface area contributed by atoms with Gasteiger partial charge < -0.3 is 14.8 Å². The first-order valence-corrected chi connectivity index (χ1v) is 9.91. The van der Waals surface area contributed by atoms with E-state index in [-0.39, 0.29) is 5.91 Å². The number of ether oxygens (including phenoxy) is 2. The number of aromatic nitrogens is 5. The van der Waals surface area contributed by atoms with Gasteiger partial charge in [0.15, 0.2) is 11.5 Å². The lowest BCUT2D eigenvalue weighted by atomic mass is 10.1. The summed E-state index contributed by atoms with van der Waals surface area (Å²) in [5.74, 6) is 0.765. The zero-order valence-electron chi connectivity index (χ0n) is 16.3. The summed E-state index contributed by atoms with van der Waals surface area (Å²) in [6.45, 7) is 2.25. The van der Waals surface area contributed by atoms with Crippen molar-refractivity contribution in [3.8, 4) is 17.2 Å². The number of nitrogens with one attached hydrogen (secondary N) is 1. The maximum Gasteiger partial charge on any atom is 0.255 e. The molecule has 2 aromatic carbocycles. The molecule has 152 valence electrons. The lowest BCUT2D eigenvalue weighted by molar-refractivity contribution is 0.102. The van der Waals surface area contributed by atoms with Gasteiger partial charge in [-0.05, 0) is 59.3 Å². The average Bonchev–Trinajstić information content (AvgIpc) is 3.46. The second-order valence-electron chi connectivity index (χ2n) is 6.34. The van der Waals surface area contributed by atoms with Crippen molar-refractivity contribution in [2.45, 2.75) is 13.5 Å². The van der Waals surface area contributed by atoms with Crippen LogP contribution >= 0.6 is 11.3 Å². The van der Waals surface area contributed by atoms with Crippen molar-refractivity contribution in [1.82, 2.24) is 25.2 Å². The molecule has 0 aliphatic rings. The number of aryl methyl sites for hydroxylation is 1. The molecule has 0 spiro atoms. The Morgan fingerprint density at radius 1 is 1.20 bits per heavy atom. The predicted molar refractivity (Wildman–Crippen MR) is 111 cm³/mol. The van der Waals surface area contributed by atoms with Crippen molar-refractivity contribution in [2.75, 3.05) is 12.4 Å². The second kappa shape index (κ2) is 8.70. The van der Waals surface area contributed by atoms with Crippen LogP contribution in [0.15, 0.2) is 53.6 Å². The number of rotatable bonds is 7. The van der Waals surface area contributed by atoms with Gasteiger partial charge in [0.05, 0.1) is 24.0 Å². The number of hydrogen-bond donors (Lipinski definition) is 1. The molecule has 0 radical (unpaired) electrons. The highest BCUT2D eigenvalue weighted by molar-refractivity contribution is 7.07. The van der Waals surface area contributed by atoms with E-state index in [0.717, 1.165) is 16.9 Å². The Hall–Kier alpha value is -3.79. The SMILES string of the molecule is COc1cc(C(=O)Nc2ccc(-n3cnnn3)c(C)c2)ccc1OCc1cscn1. The normalized spacial score (nSPS) is 10.6. The van der Waals surface area contributed by atoms with Gasteiger partial charge in [-0.3, -0.25) is 4.79 Å². The number of tetrazole rings is 1.